The number of hydrogen-bond acceptors (Lipinski definition) is 4. The van der Waals surface area contributed by atoms with Crippen LogP contribution in [0.4, 0.5) is 0 Å². The van der Waals surface area contributed by atoms with Crippen LogP contribution in [-0.4, -0.2) is 60.6 Å². The van der Waals surface area contributed by atoms with Crippen molar-refractivity contribution in [3.05, 3.63) is 0 Å². The molecule has 0 aromatic heterocycles. The zero-order chi connectivity index (χ0) is 15.8. The molecule has 21 heavy (non-hydrogen) atoms. The van der Waals surface area contributed by atoms with Crippen molar-refractivity contribution in [2.45, 2.75) is 39.7 Å². The summed E-state index contributed by atoms with van der Waals surface area (Å²) in [5, 5.41) is 15.5. The lowest BCUT2D eigenvalue weighted by Crippen LogP contribution is -2.52. The van der Waals surface area contributed by atoms with Crippen LogP contribution in [0, 0.1) is 11.8 Å². The maximum Gasteiger partial charge on any atom is 0.307 e. The fourth-order valence-corrected chi connectivity index (χ4v) is 2.67. The molecule has 1 rings (SSSR count). The Hall–Kier alpha value is -1.14. The van der Waals surface area contributed by atoms with Crippen LogP contribution in [0.2, 0.25) is 0 Å². The van der Waals surface area contributed by atoms with E-state index in [4.69, 9.17) is 0 Å². The average Bonchev–Trinajstić information content (AvgIpc) is 2.37. The second-order valence-corrected chi connectivity index (χ2v) is 6.35. The Labute approximate surface area is 127 Å². The molecule has 0 radical (unpaired) electrons. The van der Waals surface area contributed by atoms with Gasteiger partial charge < -0.3 is 15.7 Å². The first-order chi connectivity index (χ1) is 9.88. The number of carboxylic acids is 1. The largest absolute Gasteiger partial charge is 0.481 e. The number of nitrogens with one attached hydrogen (secondary N) is 2. The molecular weight excluding hydrogens is 270 g/mol. The number of carboxylic acid groups (broad SMARTS) is 1. The summed E-state index contributed by atoms with van der Waals surface area (Å²) >= 11 is 0. The molecule has 2 atom stereocenters. The van der Waals surface area contributed by atoms with Crippen molar-refractivity contribution in [2.75, 3.05) is 32.7 Å². The number of likely N-dealkylation sites (tertiary alicyclic amines) is 1. The number of piperidine rings is 1. The number of carbonyl (C=O) groups is 2. The molecule has 0 aromatic carbocycles. The summed E-state index contributed by atoms with van der Waals surface area (Å²) in [6, 6.07) is 0.218. The molecule has 0 spiro atoms. The summed E-state index contributed by atoms with van der Waals surface area (Å²) in [6.07, 6.45) is 1.78. The molecule has 1 heterocycles. The third-order valence-corrected chi connectivity index (χ3v) is 3.83. The molecule has 1 saturated heterocycles. The van der Waals surface area contributed by atoms with Crippen LogP contribution < -0.4 is 10.6 Å². The predicted octanol–water partition coefficient (Wildman–Crippen LogP) is 0.533. The van der Waals surface area contributed by atoms with E-state index in [-0.39, 0.29) is 17.9 Å². The molecule has 0 aliphatic carbocycles. The zero-order valence-electron chi connectivity index (χ0n) is 13.4. The van der Waals surface area contributed by atoms with Gasteiger partial charge in [0.25, 0.3) is 0 Å². The van der Waals surface area contributed by atoms with E-state index in [9.17, 15) is 14.7 Å². The summed E-state index contributed by atoms with van der Waals surface area (Å²) in [5.74, 6) is -0.455. The Morgan fingerprint density at radius 2 is 2.00 bits per heavy atom. The normalized spacial score (nSPS) is 23.2. The van der Waals surface area contributed by atoms with Crippen molar-refractivity contribution in [1.82, 2.24) is 15.5 Å². The van der Waals surface area contributed by atoms with Gasteiger partial charge in [-0.25, -0.2) is 0 Å². The van der Waals surface area contributed by atoms with E-state index < -0.39 is 5.97 Å². The number of hydrogen-bond donors (Lipinski definition) is 3. The van der Waals surface area contributed by atoms with Gasteiger partial charge in [0.05, 0.1) is 5.92 Å². The molecule has 122 valence electrons. The first kappa shape index (κ1) is 17.9. The van der Waals surface area contributed by atoms with Gasteiger partial charge in [0.15, 0.2) is 0 Å². The first-order valence-corrected chi connectivity index (χ1v) is 7.81. The standard InChI is InChI=1S/C15H29N3O3/c1-11(2)4-5-17-14-8-13(15(20)21)9-18(10-14)7-6-16-12(3)19/h11,13-14,17H,4-10H2,1-3H3,(H,16,19)(H,20,21). The molecule has 3 N–H and O–H groups in total. The molecule has 1 amide bonds. The summed E-state index contributed by atoms with van der Waals surface area (Å²) in [5.41, 5.74) is 0. The number of carbonyl (C=O) groups excluding carboxylic acids is 1. The van der Waals surface area contributed by atoms with Crippen molar-refractivity contribution in [3.63, 3.8) is 0 Å². The predicted molar refractivity (Wildman–Crippen MR) is 82.1 cm³/mol. The number of aliphatic carboxylic acids is 1. The van der Waals surface area contributed by atoms with Crippen molar-refractivity contribution in [3.8, 4) is 0 Å². The number of rotatable bonds is 8. The van der Waals surface area contributed by atoms with E-state index in [2.05, 4.69) is 29.4 Å². The van der Waals surface area contributed by atoms with Crippen molar-refractivity contribution in [2.24, 2.45) is 11.8 Å². The SMILES string of the molecule is CC(=O)NCCN1CC(NCCC(C)C)CC(C(=O)O)C1. The molecule has 1 aliphatic heterocycles. The van der Waals surface area contributed by atoms with Crippen molar-refractivity contribution >= 4 is 11.9 Å². The lowest BCUT2D eigenvalue weighted by atomic mass is 9.94. The molecule has 2 unspecified atom stereocenters. The van der Waals surface area contributed by atoms with Gasteiger partial charge in [-0.05, 0) is 25.3 Å². The van der Waals surface area contributed by atoms with E-state index in [0.717, 1.165) is 19.5 Å². The smallest absolute Gasteiger partial charge is 0.307 e. The Kier molecular flexibility index (Phi) is 7.67. The van der Waals surface area contributed by atoms with Crippen LogP contribution in [0.25, 0.3) is 0 Å². The average molecular weight is 299 g/mol. The molecule has 6 nitrogen and oxygen atoms in total. The first-order valence-electron chi connectivity index (χ1n) is 7.81. The molecule has 1 fully saturated rings. The van der Waals surface area contributed by atoms with E-state index in [1.54, 1.807) is 0 Å². The van der Waals surface area contributed by atoms with Gasteiger partial charge >= 0.3 is 5.97 Å². The third kappa shape index (κ3) is 7.43. The summed E-state index contributed by atoms with van der Waals surface area (Å²) < 4.78 is 0. The third-order valence-electron chi connectivity index (χ3n) is 3.83. The van der Waals surface area contributed by atoms with E-state index in [0.29, 0.717) is 32.0 Å². The van der Waals surface area contributed by atoms with Crippen molar-refractivity contribution in [1.29, 1.82) is 0 Å². The van der Waals surface area contributed by atoms with Crippen LogP contribution >= 0.6 is 0 Å². The van der Waals surface area contributed by atoms with Gasteiger partial charge in [-0.15, -0.1) is 0 Å². The highest BCUT2D eigenvalue weighted by Crippen LogP contribution is 2.17. The second-order valence-electron chi connectivity index (χ2n) is 6.35. The van der Waals surface area contributed by atoms with Crippen molar-refractivity contribution < 1.29 is 14.7 Å². The topological polar surface area (TPSA) is 81.7 Å². The minimum atomic E-state index is -0.727. The van der Waals surface area contributed by atoms with Gasteiger partial charge in [-0.3, -0.25) is 14.5 Å². The van der Waals surface area contributed by atoms with Gasteiger partial charge in [0.1, 0.15) is 0 Å². The molecule has 0 bridgehead atoms. The minimum Gasteiger partial charge on any atom is -0.481 e. The highest BCUT2D eigenvalue weighted by atomic mass is 16.4. The number of amides is 1. The summed E-state index contributed by atoms with van der Waals surface area (Å²) in [6.45, 7) is 9.47. The van der Waals surface area contributed by atoms with E-state index >= 15 is 0 Å². The summed E-state index contributed by atoms with van der Waals surface area (Å²) in [4.78, 5) is 24.3. The van der Waals surface area contributed by atoms with E-state index in [1.165, 1.54) is 6.92 Å². The van der Waals surface area contributed by atoms with E-state index in [1.807, 2.05) is 0 Å². The highest BCUT2D eigenvalue weighted by molar-refractivity contribution is 5.72. The minimum absolute atomic E-state index is 0.0478. The fourth-order valence-electron chi connectivity index (χ4n) is 2.67. The van der Waals surface area contributed by atoms with Gasteiger partial charge in [0.2, 0.25) is 5.91 Å². The Morgan fingerprint density at radius 3 is 2.57 bits per heavy atom. The van der Waals surface area contributed by atoms with Crippen LogP contribution in [-0.2, 0) is 9.59 Å². The maximum absolute atomic E-state index is 11.3. The number of nitrogens with zero attached hydrogens (tertiary/aromatic N) is 1. The molecule has 1 aliphatic rings. The lowest BCUT2D eigenvalue weighted by Gasteiger charge is -2.36. The molecule has 0 aromatic rings. The summed E-state index contributed by atoms with van der Waals surface area (Å²) in [7, 11) is 0. The second kappa shape index (κ2) is 9.00. The van der Waals surface area contributed by atoms with Gasteiger partial charge in [0, 0.05) is 39.1 Å². The molecule has 6 heteroatoms. The van der Waals surface area contributed by atoms with Gasteiger partial charge in [-0.1, -0.05) is 13.8 Å². The Balaban J connectivity index is 2.43. The maximum atomic E-state index is 11.3. The molecule has 0 saturated carbocycles. The Morgan fingerprint density at radius 1 is 1.29 bits per heavy atom. The monoisotopic (exact) mass is 299 g/mol. The highest BCUT2D eigenvalue weighted by Gasteiger charge is 2.30. The fraction of sp³-hybridized carbons (Fsp3) is 0.867. The lowest BCUT2D eigenvalue weighted by molar-refractivity contribution is -0.144. The van der Waals surface area contributed by atoms with Gasteiger partial charge in [-0.2, -0.15) is 0 Å². The Bertz CT molecular complexity index is 347. The molecular formula is C15H29N3O3. The zero-order valence-corrected chi connectivity index (χ0v) is 13.4. The van der Waals surface area contributed by atoms with Crippen LogP contribution in [0.5, 0.6) is 0 Å². The van der Waals surface area contributed by atoms with Crippen LogP contribution in [0.1, 0.15) is 33.6 Å². The quantitative estimate of drug-likeness (QED) is 0.609. The van der Waals surface area contributed by atoms with Crippen LogP contribution in [0.3, 0.4) is 0 Å². The van der Waals surface area contributed by atoms with Crippen LogP contribution in [0.15, 0.2) is 0 Å².